The van der Waals surface area contributed by atoms with Crippen LogP contribution in [0.4, 0.5) is 0 Å². The maximum absolute atomic E-state index is 12.1. The lowest BCUT2D eigenvalue weighted by molar-refractivity contribution is 0.275. The van der Waals surface area contributed by atoms with Gasteiger partial charge in [0.1, 0.15) is 0 Å². The third-order valence-corrected chi connectivity index (χ3v) is 5.77. The van der Waals surface area contributed by atoms with E-state index in [0.717, 1.165) is 45.3 Å². The molecule has 2 heterocycles. The van der Waals surface area contributed by atoms with Crippen LogP contribution in [-0.2, 0) is 10.0 Å². The highest BCUT2D eigenvalue weighted by atomic mass is 32.2. The molecule has 1 N–H and O–H groups in total. The molecule has 0 unspecified atom stereocenters. The van der Waals surface area contributed by atoms with E-state index in [2.05, 4.69) is 5.32 Å². The molecule has 0 amide bonds. The maximum Gasteiger partial charge on any atom is 0.214 e. The molecule has 0 aromatic carbocycles. The monoisotopic (exact) mass is 246 g/mol. The molecule has 2 fully saturated rings. The fourth-order valence-electron chi connectivity index (χ4n) is 2.82. The molecule has 2 atom stereocenters. The van der Waals surface area contributed by atoms with Gasteiger partial charge < -0.3 is 5.32 Å². The first kappa shape index (κ1) is 12.3. The topological polar surface area (TPSA) is 49.4 Å². The van der Waals surface area contributed by atoms with Crippen molar-refractivity contribution < 1.29 is 8.42 Å². The van der Waals surface area contributed by atoms with Gasteiger partial charge in [-0.2, -0.15) is 4.31 Å². The van der Waals surface area contributed by atoms with Crippen LogP contribution >= 0.6 is 0 Å². The van der Waals surface area contributed by atoms with Gasteiger partial charge in [0.2, 0.25) is 10.0 Å². The van der Waals surface area contributed by atoms with Gasteiger partial charge >= 0.3 is 0 Å². The number of sulfonamides is 1. The lowest BCUT2D eigenvalue weighted by Crippen LogP contribution is -2.48. The van der Waals surface area contributed by atoms with Crippen LogP contribution in [0, 0.1) is 5.92 Å². The van der Waals surface area contributed by atoms with Crippen molar-refractivity contribution >= 4 is 10.0 Å². The van der Waals surface area contributed by atoms with Crippen molar-refractivity contribution in [1.29, 1.82) is 0 Å². The van der Waals surface area contributed by atoms with Crippen LogP contribution in [0.1, 0.15) is 32.6 Å². The van der Waals surface area contributed by atoms with E-state index in [4.69, 9.17) is 0 Å². The third-order valence-electron chi connectivity index (χ3n) is 3.79. The van der Waals surface area contributed by atoms with Crippen molar-refractivity contribution in [3.63, 3.8) is 0 Å². The highest BCUT2D eigenvalue weighted by Crippen LogP contribution is 2.31. The predicted octanol–water partition coefficient (Wildman–Crippen LogP) is 0.800. The molecule has 2 rings (SSSR count). The molecule has 4 nitrogen and oxygen atoms in total. The number of piperidine rings is 1. The third kappa shape index (κ3) is 2.41. The van der Waals surface area contributed by atoms with E-state index in [0.29, 0.717) is 11.7 Å². The van der Waals surface area contributed by atoms with E-state index < -0.39 is 10.0 Å². The lowest BCUT2D eigenvalue weighted by Gasteiger charge is -2.31. The summed E-state index contributed by atoms with van der Waals surface area (Å²) in [5, 5.41) is 3.31. The summed E-state index contributed by atoms with van der Waals surface area (Å²) in [4.78, 5) is 0. The van der Waals surface area contributed by atoms with Crippen LogP contribution < -0.4 is 5.32 Å². The van der Waals surface area contributed by atoms with Gasteiger partial charge in [-0.25, -0.2) is 8.42 Å². The zero-order valence-corrected chi connectivity index (χ0v) is 10.8. The Balaban J connectivity index is 2.04. The summed E-state index contributed by atoms with van der Waals surface area (Å²) in [6.45, 7) is 4.66. The van der Waals surface area contributed by atoms with Crippen molar-refractivity contribution in [2.24, 2.45) is 5.92 Å². The number of rotatable bonds is 4. The lowest BCUT2D eigenvalue weighted by atomic mass is 9.94. The summed E-state index contributed by atoms with van der Waals surface area (Å²) in [5.41, 5.74) is 0. The van der Waals surface area contributed by atoms with E-state index >= 15 is 0 Å². The molecule has 2 saturated heterocycles. The van der Waals surface area contributed by atoms with Crippen LogP contribution in [0.2, 0.25) is 0 Å². The van der Waals surface area contributed by atoms with Gasteiger partial charge in [0.25, 0.3) is 0 Å². The molecule has 0 bridgehead atoms. The Morgan fingerprint density at radius 2 is 2.19 bits per heavy atom. The van der Waals surface area contributed by atoms with Crippen LogP contribution in [-0.4, -0.2) is 44.2 Å². The molecule has 94 valence electrons. The number of hydrogen-bond donors (Lipinski definition) is 1. The molecule has 0 aliphatic carbocycles. The fourth-order valence-corrected chi connectivity index (χ4v) is 4.75. The van der Waals surface area contributed by atoms with E-state index in [1.54, 1.807) is 4.31 Å². The average molecular weight is 246 g/mol. The number of unbranched alkanes of at least 4 members (excludes halogenated alkanes) is 1. The second-order valence-corrected chi connectivity index (χ2v) is 6.93. The molecule has 0 aromatic rings. The first-order chi connectivity index (χ1) is 7.65. The zero-order valence-electron chi connectivity index (χ0n) is 9.98. The van der Waals surface area contributed by atoms with Crippen molar-refractivity contribution in [1.82, 2.24) is 9.62 Å². The van der Waals surface area contributed by atoms with Gasteiger partial charge in [0.15, 0.2) is 0 Å². The Labute approximate surface area is 98.4 Å². The number of hydrogen-bond acceptors (Lipinski definition) is 3. The Kier molecular flexibility index (Phi) is 3.87. The Hall–Kier alpha value is -0.130. The SMILES string of the molecule is CCCCS(=O)(=O)N1CC[C@H]2CCNC[C@H]21. The van der Waals surface area contributed by atoms with Gasteiger partial charge in [-0.05, 0) is 31.7 Å². The summed E-state index contributed by atoms with van der Waals surface area (Å²) in [6, 6.07) is 0.232. The summed E-state index contributed by atoms with van der Waals surface area (Å²) in [7, 11) is -3.00. The minimum Gasteiger partial charge on any atom is -0.315 e. The van der Waals surface area contributed by atoms with Crippen molar-refractivity contribution in [3.8, 4) is 0 Å². The van der Waals surface area contributed by atoms with Crippen molar-refractivity contribution in [2.75, 3.05) is 25.4 Å². The van der Waals surface area contributed by atoms with Gasteiger partial charge in [-0.1, -0.05) is 13.3 Å². The van der Waals surface area contributed by atoms with Crippen molar-refractivity contribution in [3.05, 3.63) is 0 Å². The first-order valence-corrected chi connectivity index (χ1v) is 7.96. The van der Waals surface area contributed by atoms with Gasteiger partial charge in [-0.15, -0.1) is 0 Å². The molecule has 0 spiro atoms. The van der Waals surface area contributed by atoms with Crippen LogP contribution in [0.3, 0.4) is 0 Å². The molecule has 16 heavy (non-hydrogen) atoms. The fraction of sp³-hybridized carbons (Fsp3) is 1.00. The zero-order chi connectivity index (χ0) is 11.6. The molecule has 5 heteroatoms. The largest absolute Gasteiger partial charge is 0.315 e. The smallest absolute Gasteiger partial charge is 0.214 e. The standard InChI is InChI=1S/C11H22N2O2S/c1-2-3-8-16(14,15)13-7-5-10-4-6-12-9-11(10)13/h10-12H,2-9H2,1H3/t10-,11-/m1/s1. The Morgan fingerprint density at radius 3 is 2.94 bits per heavy atom. The minimum atomic E-state index is -3.00. The molecule has 2 aliphatic rings. The normalized spacial score (nSPS) is 31.6. The minimum absolute atomic E-state index is 0.232. The van der Waals surface area contributed by atoms with Crippen LogP contribution in [0.5, 0.6) is 0 Å². The van der Waals surface area contributed by atoms with E-state index in [9.17, 15) is 8.42 Å². The molecule has 0 radical (unpaired) electrons. The second-order valence-electron chi connectivity index (χ2n) is 4.89. The van der Waals surface area contributed by atoms with Crippen LogP contribution in [0.25, 0.3) is 0 Å². The van der Waals surface area contributed by atoms with Crippen LogP contribution in [0.15, 0.2) is 0 Å². The van der Waals surface area contributed by atoms with Gasteiger partial charge in [-0.3, -0.25) is 0 Å². The predicted molar refractivity (Wildman–Crippen MR) is 64.8 cm³/mol. The molecular weight excluding hydrogens is 224 g/mol. The summed E-state index contributed by atoms with van der Waals surface area (Å²) in [6.07, 6.45) is 3.91. The Morgan fingerprint density at radius 1 is 1.38 bits per heavy atom. The molecule has 0 aromatic heterocycles. The average Bonchev–Trinajstić information content (AvgIpc) is 2.71. The summed E-state index contributed by atoms with van der Waals surface area (Å²) < 4.78 is 26.1. The number of nitrogens with zero attached hydrogens (tertiary/aromatic N) is 1. The van der Waals surface area contributed by atoms with Gasteiger partial charge in [0.05, 0.1) is 5.75 Å². The van der Waals surface area contributed by atoms with Crippen molar-refractivity contribution in [2.45, 2.75) is 38.6 Å². The molecule has 0 saturated carbocycles. The number of fused-ring (bicyclic) bond motifs is 1. The van der Waals surface area contributed by atoms with E-state index in [1.165, 1.54) is 0 Å². The van der Waals surface area contributed by atoms with Gasteiger partial charge in [0, 0.05) is 19.1 Å². The number of nitrogens with one attached hydrogen (secondary N) is 1. The Bertz CT molecular complexity index is 329. The molecule has 2 aliphatic heterocycles. The first-order valence-electron chi connectivity index (χ1n) is 6.35. The summed E-state index contributed by atoms with van der Waals surface area (Å²) >= 11 is 0. The highest BCUT2D eigenvalue weighted by Gasteiger charge is 2.41. The quantitative estimate of drug-likeness (QED) is 0.798. The van der Waals surface area contributed by atoms with E-state index in [-0.39, 0.29) is 6.04 Å². The van der Waals surface area contributed by atoms with E-state index in [1.807, 2.05) is 6.92 Å². The summed E-state index contributed by atoms with van der Waals surface area (Å²) in [5.74, 6) is 0.921. The highest BCUT2D eigenvalue weighted by molar-refractivity contribution is 7.89. The maximum atomic E-state index is 12.1. The second kappa shape index (κ2) is 5.02. The molecular formula is C11H22N2O2S.